The maximum Gasteiger partial charge on any atom is 0.325 e. The molecular weight excluding hydrogens is 470 g/mol. The minimum Gasteiger partial charge on any atom is -0.464 e. The van der Waals surface area contributed by atoms with Crippen LogP contribution in [0.25, 0.3) is 0 Å². The molecule has 0 aliphatic heterocycles. The maximum atomic E-state index is 11.9. The third-order valence-electron chi connectivity index (χ3n) is 7.70. The van der Waals surface area contributed by atoms with E-state index in [9.17, 15) is 9.59 Å². The van der Waals surface area contributed by atoms with E-state index in [1.807, 2.05) is 0 Å². The van der Waals surface area contributed by atoms with E-state index in [0.717, 1.165) is 25.7 Å². The SMILES string of the molecule is CCCCCCCCCCCCCCCCCCOC(=O)CNC(=O)CCCCCCCCCCCCC. The van der Waals surface area contributed by atoms with Gasteiger partial charge in [0.05, 0.1) is 6.61 Å². The molecule has 0 aromatic rings. The molecule has 0 aliphatic carbocycles. The molecule has 38 heavy (non-hydrogen) atoms. The molecule has 0 saturated carbocycles. The molecule has 1 amide bonds. The molecule has 0 atom stereocenters. The van der Waals surface area contributed by atoms with Gasteiger partial charge in [0, 0.05) is 6.42 Å². The lowest BCUT2D eigenvalue weighted by molar-refractivity contribution is -0.144. The third-order valence-corrected chi connectivity index (χ3v) is 7.70. The Labute approximate surface area is 238 Å². The van der Waals surface area contributed by atoms with Crippen LogP contribution in [0.15, 0.2) is 0 Å². The minimum absolute atomic E-state index is 0.00964. The van der Waals surface area contributed by atoms with Crippen LogP contribution in [0.5, 0.6) is 0 Å². The molecular formula is C34H67NO3. The Kier molecular flexibility index (Phi) is 31.3. The number of nitrogens with one attached hydrogen (secondary N) is 1. The summed E-state index contributed by atoms with van der Waals surface area (Å²) in [5.74, 6) is -0.335. The fourth-order valence-corrected chi connectivity index (χ4v) is 5.10. The molecule has 0 unspecified atom stereocenters. The van der Waals surface area contributed by atoms with Gasteiger partial charge in [0.1, 0.15) is 6.54 Å². The van der Waals surface area contributed by atoms with Crippen LogP contribution in [0, 0.1) is 0 Å². The summed E-state index contributed by atoms with van der Waals surface area (Å²) >= 11 is 0. The molecule has 0 radical (unpaired) electrons. The first-order valence-electron chi connectivity index (χ1n) is 17.1. The highest BCUT2D eigenvalue weighted by Crippen LogP contribution is 2.14. The van der Waals surface area contributed by atoms with Gasteiger partial charge in [0.2, 0.25) is 5.91 Å². The van der Waals surface area contributed by atoms with Crippen LogP contribution >= 0.6 is 0 Å². The van der Waals surface area contributed by atoms with Gasteiger partial charge in [-0.2, -0.15) is 0 Å². The zero-order valence-electron chi connectivity index (χ0n) is 25.9. The highest BCUT2D eigenvalue weighted by Gasteiger charge is 2.06. The highest BCUT2D eigenvalue weighted by atomic mass is 16.5. The van der Waals surface area contributed by atoms with Crippen LogP contribution in [-0.2, 0) is 14.3 Å². The number of hydrogen-bond donors (Lipinski definition) is 1. The molecule has 4 heteroatoms. The second-order valence-electron chi connectivity index (χ2n) is 11.6. The lowest BCUT2D eigenvalue weighted by atomic mass is 10.0. The van der Waals surface area contributed by atoms with Gasteiger partial charge in [0.15, 0.2) is 0 Å². The van der Waals surface area contributed by atoms with E-state index >= 15 is 0 Å². The summed E-state index contributed by atoms with van der Waals surface area (Å²) in [6.45, 7) is 5.03. The molecule has 0 bridgehead atoms. The smallest absolute Gasteiger partial charge is 0.325 e. The predicted molar refractivity (Wildman–Crippen MR) is 165 cm³/mol. The van der Waals surface area contributed by atoms with E-state index in [0.29, 0.717) is 13.0 Å². The predicted octanol–water partition coefficient (Wildman–Crippen LogP) is 10.6. The summed E-state index contributed by atoms with van der Waals surface area (Å²) in [6.07, 6.45) is 35.9. The largest absolute Gasteiger partial charge is 0.464 e. The lowest BCUT2D eigenvalue weighted by Crippen LogP contribution is -2.30. The summed E-state index contributed by atoms with van der Waals surface area (Å²) in [7, 11) is 0. The van der Waals surface area contributed by atoms with Gasteiger partial charge in [-0.05, 0) is 12.8 Å². The number of amides is 1. The van der Waals surface area contributed by atoms with Crippen LogP contribution in [0.4, 0.5) is 0 Å². The Morgan fingerprint density at radius 3 is 1.13 bits per heavy atom. The number of esters is 1. The number of unbranched alkanes of at least 4 members (excludes halogenated alkanes) is 25. The molecule has 0 heterocycles. The van der Waals surface area contributed by atoms with E-state index in [4.69, 9.17) is 4.74 Å². The molecule has 0 rings (SSSR count). The highest BCUT2D eigenvalue weighted by molar-refractivity contribution is 5.81. The van der Waals surface area contributed by atoms with Gasteiger partial charge in [0.25, 0.3) is 0 Å². The van der Waals surface area contributed by atoms with Crippen molar-refractivity contribution in [2.24, 2.45) is 0 Å². The molecule has 0 aromatic carbocycles. The van der Waals surface area contributed by atoms with Gasteiger partial charge in [-0.1, -0.05) is 174 Å². The Balaban J connectivity index is 3.26. The molecule has 0 spiro atoms. The molecule has 0 fully saturated rings. The van der Waals surface area contributed by atoms with Crippen molar-refractivity contribution in [2.75, 3.05) is 13.2 Å². The van der Waals surface area contributed by atoms with Crippen molar-refractivity contribution >= 4 is 11.9 Å². The average molecular weight is 538 g/mol. The van der Waals surface area contributed by atoms with Gasteiger partial charge >= 0.3 is 5.97 Å². The molecule has 4 nitrogen and oxygen atoms in total. The van der Waals surface area contributed by atoms with Crippen molar-refractivity contribution in [3.8, 4) is 0 Å². The molecule has 0 aliphatic rings. The number of rotatable bonds is 31. The van der Waals surface area contributed by atoms with Crippen molar-refractivity contribution in [3.63, 3.8) is 0 Å². The van der Waals surface area contributed by atoms with Crippen LogP contribution < -0.4 is 5.32 Å². The number of ether oxygens (including phenoxy) is 1. The van der Waals surface area contributed by atoms with Gasteiger partial charge in [-0.25, -0.2) is 0 Å². The van der Waals surface area contributed by atoms with Gasteiger partial charge < -0.3 is 10.1 Å². The van der Waals surface area contributed by atoms with Crippen LogP contribution in [0.3, 0.4) is 0 Å². The minimum atomic E-state index is -0.307. The van der Waals surface area contributed by atoms with Gasteiger partial charge in [-0.15, -0.1) is 0 Å². The number of carbonyl (C=O) groups excluding carboxylic acids is 2. The third kappa shape index (κ3) is 31.2. The van der Waals surface area contributed by atoms with Crippen molar-refractivity contribution in [1.82, 2.24) is 5.32 Å². The summed E-state index contributed by atoms with van der Waals surface area (Å²) in [6, 6.07) is 0. The second-order valence-corrected chi connectivity index (χ2v) is 11.6. The summed E-state index contributed by atoms with van der Waals surface area (Å²) in [5, 5.41) is 2.71. The first-order valence-corrected chi connectivity index (χ1v) is 17.1. The van der Waals surface area contributed by atoms with Crippen molar-refractivity contribution < 1.29 is 14.3 Å². The monoisotopic (exact) mass is 538 g/mol. The van der Waals surface area contributed by atoms with Crippen molar-refractivity contribution in [1.29, 1.82) is 0 Å². The van der Waals surface area contributed by atoms with Crippen LogP contribution in [0.2, 0.25) is 0 Å². The van der Waals surface area contributed by atoms with Crippen molar-refractivity contribution in [3.05, 3.63) is 0 Å². The van der Waals surface area contributed by atoms with E-state index in [-0.39, 0.29) is 18.4 Å². The number of hydrogen-bond acceptors (Lipinski definition) is 3. The fraction of sp³-hybridized carbons (Fsp3) is 0.941. The average Bonchev–Trinajstić information content (AvgIpc) is 2.92. The normalized spacial score (nSPS) is 11.1. The quantitative estimate of drug-likeness (QED) is 0.0706. The first-order chi connectivity index (χ1) is 18.7. The Bertz CT molecular complexity index is 494. The Morgan fingerprint density at radius 1 is 0.447 bits per heavy atom. The zero-order chi connectivity index (χ0) is 27.8. The Hall–Kier alpha value is -1.06. The first kappa shape index (κ1) is 36.9. The fourth-order valence-electron chi connectivity index (χ4n) is 5.10. The topological polar surface area (TPSA) is 55.4 Å². The molecule has 0 aromatic heterocycles. The second kappa shape index (κ2) is 32.2. The standard InChI is InChI=1S/C34H67NO3/c1-3-5-7-9-11-13-15-16-17-18-19-21-23-25-27-29-31-38-34(37)32-35-33(36)30-28-26-24-22-20-14-12-10-8-6-4-2/h3-32H2,1-2H3,(H,35,36). The molecule has 226 valence electrons. The maximum absolute atomic E-state index is 11.9. The zero-order valence-corrected chi connectivity index (χ0v) is 25.9. The lowest BCUT2D eigenvalue weighted by Gasteiger charge is -2.07. The molecule has 1 N–H and O–H groups in total. The van der Waals surface area contributed by atoms with Crippen LogP contribution in [-0.4, -0.2) is 25.0 Å². The van der Waals surface area contributed by atoms with Gasteiger partial charge in [-0.3, -0.25) is 9.59 Å². The van der Waals surface area contributed by atoms with Crippen molar-refractivity contribution in [2.45, 2.75) is 194 Å². The van der Waals surface area contributed by atoms with E-state index in [1.165, 1.54) is 148 Å². The molecule has 0 saturated heterocycles. The number of carbonyl (C=O) groups is 2. The van der Waals surface area contributed by atoms with E-state index < -0.39 is 0 Å². The summed E-state index contributed by atoms with van der Waals surface area (Å²) in [5.41, 5.74) is 0. The van der Waals surface area contributed by atoms with E-state index in [1.54, 1.807) is 0 Å². The summed E-state index contributed by atoms with van der Waals surface area (Å²) in [4.78, 5) is 23.8. The van der Waals surface area contributed by atoms with Crippen LogP contribution in [0.1, 0.15) is 194 Å². The van der Waals surface area contributed by atoms with E-state index in [2.05, 4.69) is 19.2 Å². The summed E-state index contributed by atoms with van der Waals surface area (Å²) < 4.78 is 5.27. The Morgan fingerprint density at radius 2 is 0.763 bits per heavy atom.